The van der Waals surface area contributed by atoms with E-state index in [2.05, 4.69) is 27.9 Å². The molecule has 0 bridgehead atoms. The van der Waals surface area contributed by atoms with E-state index in [-0.39, 0.29) is 6.10 Å². The molecule has 0 aliphatic heterocycles. The Labute approximate surface area is 118 Å². The fourth-order valence-corrected chi connectivity index (χ4v) is 3.00. The molecule has 100 valence electrons. The van der Waals surface area contributed by atoms with Crippen LogP contribution in [-0.4, -0.2) is 30.1 Å². The Kier molecular flexibility index (Phi) is 5.22. The van der Waals surface area contributed by atoms with Gasteiger partial charge in [0.15, 0.2) is 0 Å². The number of aliphatic hydroxyl groups is 1. The Hall–Kier alpha value is -0.380. The molecule has 2 rings (SSSR count). The smallest absolute Gasteiger partial charge is 0.0813 e. The summed E-state index contributed by atoms with van der Waals surface area (Å²) in [4.78, 5) is 2.35. The van der Waals surface area contributed by atoms with Crippen molar-refractivity contribution in [2.75, 3.05) is 20.1 Å². The summed E-state index contributed by atoms with van der Waals surface area (Å²) < 4.78 is 0.999. The zero-order chi connectivity index (χ0) is 13.0. The number of halogens is 1. The molecule has 1 unspecified atom stereocenters. The van der Waals surface area contributed by atoms with Crippen LogP contribution in [0.5, 0.6) is 0 Å². The lowest BCUT2D eigenvalue weighted by molar-refractivity contribution is 0.135. The minimum Gasteiger partial charge on any atom is -0.388 e. The summed E-state index contributed by atoms with van der Waals surface area (Å²) in [6.45, 7) is 2.14. The molecule has 3 heteroatoms. The molecule has 1 atom stereocenters. The first kappa shape index (κ1) is 14.0. The zero-order valence-electron chi connectivity index (χ0n) is 11.0. The van der Waals surface area contributed by atoms with Gasteiger partial charge in [-0.25, -0.2) is 0 Å². The largest absolute Gasteiger partial charge is 0.388 e. The van der Waals surface area contributed by atoms with Gasteiger partial charge in [0.2, 0.25) is 0 Å². The summed E-state index contributed by atoms with van der Waals surface area (Å²) in [6.07, 6.45) is 4.60. The molecule has 0 amide bonds. The van der Waals surface area contributed by atoms with E-state index in [9.17, 15) is 5.11 Å². The number of hydrogen-bond acceptors (Lipinski definition) is 2. The maximum Gasteiger partial charge on any atom is 0.0813 e. The lowest BCUT2D eigenvalue weighted by Gasteiger charge is -2.30. The van der Waals surface area contributed by atoms with E-state index in [4.69, 9.17) is 0 Å². The highest BCUT2D eigenvalue weighted by atomic mass is 79.9. The molecule has 0 heterocycles. The van der Waals surface area contributed by atoms with Crippen LogP contribution in [-0.2, 0) is 0 Å². The highest BCUT2D eigenvalue weighted by Crippen LogP contribution is 2.28. The Balaban J connectivity index is 1.77. The Bertz CT molecular complexity index is 379. The Morgan fingerprint density at radius 1 is 1.39 bits per heavy atom. The van der Waals surface area contributed by atoms with Gasteiger partial charge in [-0.15, -0.1) is 0 Å². The van der Waals surface area contributed by atoms with Gasteiger partial charge in [-0.1, -0.05) is 40.5 Å². The summed E-state index contributed by atoms with van der Waals surface area (Å²) >= 11 is 3.49. The Morgan fingerprint density at radius 3 is 2.72 bits per heavy atom. The Morgan fingerprint density at radius 2 is 2.11 bits per heavy atom. The molecule has 18 heavy (non-hydrogen) atoms. The fourth-order valence-electron chi connectivity index (χ4n) is 2.45. The van der Waals surface area contributed by atoms with Gasteiger partial charge in [0.05, 0.1) is 6.10 Å². The maximum absolute atomic E-state index is 10.2. The maximum atomic E-state index is 10.2. The third kappa shape index (κ3) is 3.81. The lowest BCUT2D eigenvalue weighted by atomic mass is 9.85. The van der Waals surface area contributed by atoms with E-state index in [1.807, 2.05) is 24.3 Å². The van der Waals surface area contributed by atoms with E-state index < -0.39 is 0 Å². The molecule has 1 fully saturated rings. The standard InChI is InChI=1S/C15H22BrNO/c1-17(11-12-5-4-6-12)10-9-15(18)13-7-2-3-8-14(13)16/h2-3,7-8,12,15,18H,4-6,9-11H2,1H3. The van der Waals surface area contributed by atoms with Crippen LogP contribution in [0.1, 0.15) is 37.4 Å². The van der Waals surface area contributed by atoms with Crippen molar-refractivity contribution in [3.05, 3.63) is 34.3 Å². The summed E-state index contributed by atoms with van der Waals surface area (Å²) in [7, 11) is 2.16. The van der Waals surface area contributed by atoms with Crippen LogP contribution in [0.2, 0.25) is 0 Å². The lowest BCUT2D eigenvalue weighted by Crippen LogP contribution is -2.30. The molecule has 0 spiro atoms. The third-order valence-electron chi connectivity index (χ3n) is 3.84. The average Bonchev–Trinajstić information content (AvgIpc) is 2.31. The van der Waals surface area contributed by atoms with Crippen molar-refractivity contribution in [2.24, 2.45) is 5.92 Å². The summed E-state index contributed by atoms with van der Waals surface area (Å²) in [6, 6.07) is 7.92. The van der Waals surface area contributed by atoms with Crippen LogP contribution in [0.15, 0.2) is 28.7 Å². The van der Waals surface area contributed by atoms with E-state index >= 15 is 0 Å². The van der Waals surface area contributed by atoms with Crippen LogP contribution in [0.4, 0.5) is 0 Å². The molecular formula is C15H22BrNO. The van der Waals surface area contributed by atoms with Crippen molar-refractivity contribution in [2.45, 2.75) is 31.8 Å². The number of nitrogens with zero attached hydrogens (tertiary/aromatic N) is 1. The number of benzene rings is 1. The molecule has 2 nitrogen and oxygen atoms in total. The zero-order valence-corrected chi connectivity index (χ0v) is 12.6. The van der Waals surface area contributed by atoms with Crippen molar-refractivity contribution in [3.63, 3.8) is 0 Å². The van der Waals surface area contributed by atoms with Crippen LogP contribution >= 0.6 is 15.9 Å². The summed E-state index contributed by atoms with van der Waals surface area (Å²) in [5.74, 6) is 0.899. The molecule has 0 radical (unpaired) electrons. The summed E-state index contributed by atoms with van der Waals surface area (Å²) in [5, 5.41) is 10.2. The minimum atomic E-state index is -0.371. The van der Waals surface area contributed by atoms with Crippen molar-refractivity contribution < 1.29 is 5.11 Å². The monoisotopic (exact) mass is 311 g/mol. The van der Waals surface area contributed by atoms with Gasteiger partial charge in [0.1, 0.15) is 0 Å². The molecule has 1 N–H and O–H groups in total. The van der Waals surface area contributed by atoms with Gasteiger partial charge in [-0.05, 0) is 43.9 Å². The van der Waals surface area contributed by atoms with Crippen LogP contribution in [0.3, 0.4) is 0 Å². The second-order valence-corrected chi connectivity index (χ2v) is 6.24. The highest BCUT2D eigenvalue weighted by Gasteiger charge is 2.19. The predicted molar refractivity (Wildman–Crippen MR) is 78.6 cm³/mol. The molecular weight excluding hydrogens is 290 g/mol. The van der Waals surface area contributed by atoms with Crippen molar-refractivity contribution in [3.8, 4) is 0 Å². The minimum absolute atomic E-state index is 0.371. The number of hydrogen-bond donors (Lipinski definition) is 1. The first-order valence-corrected chi connectivity index (χ1v) is 7.57. The van der Waals surface area contributed by atoms with Gasteiger partial charge in [-0.3, -0.25) is 0 Å². The molecule has 1 saturated carbocycles. The van der Waals surface area contributed by atoms with Gasteiger partial charge < -0.3 is 10.0 Å². The van der Waals surface area contributed by atoms with Crippen LogP contribution < -0.4 is 0 Å². The first-order chi connectivity index (χ1) is 8.66. The normalized spacial score (nSPS) is 17.8. The molecule has 1 aromatic rings. The fraction of sp³-hybridized carbons (Fsp3) is 0.600. The molecule has 1 aliphatic rings. The third-order valence-corrected chi connectivity index (χ3v) is 4.57. The molecule has 1 aromatic carbocycles. The van der Waals surface area contributed by atoms with E-state index in [0.717, 1.165) is 28.9 Å². The first-order valence-electron chi connectivity index (χ1n) is 6.78. The second kappa shape index (κ2) is 6.69. The van der Waals surface area contributed by atoms with E-state index in [1.165, 1.54) is 25.8 Å². The SMILES string of the molecule is CN(CCC(O)c1ccccc1Br)CC1CCC1. The number of rotatable bonds is 6. The second-order valence-electron chi connectivity index (χ2n) is 5.39. The molecule has 0 saturated heterocycles. The average molecular weight is 312 g/mol. The van der Waals surface area contributed by atoms with Crippen molar-refractivity contribution in [1.29, 1.82) is 0 Å². The van der Waals surface area contributed by atoms with Gasteiger partial charge in [-0.2, -0.15) is 0 Å². The molecule has 1 aliphatic carbocycles. The van der Waals surface area contributed by atoms with Gasteiger partial charge in [0.25, 0.3) is 0 Å². The highest BCUT2D eigenvalue weighted by molar-refractivity contribution is 9.10. The molecule has 0 aromatic heterocycles. The quantitative estimate of drug-likeness (QED) is 0.867. The van der Waals surface area contributed by atoms with Crippen molar-refractivity contribution in [1.82, 2.24) is 4.90 Å². The van der Waals surface area contributed by atoms with Crippen LogP contribution in [0, 0.1) is 5.92 Å². The van der Waals surface area contributed by atoms with Crippen LogP contribution in [0.25, 0.3) is 0 Å². The predicted octanol–water partition coefficient (Wildman–Crippen LogP) is 3.60. The number of aliphatic hydroxyl groups excluding tert-OH is 1. The van der Waals surface area contributed by atoms with E-state index in [0.29, 0.717) is 0 Å². The van der Waals surface area contributed by atoms with Gasteiger partial charge in [0, 0.05) is 17.6 Å². The topological polar surface area (TPSA) is 23.5 Å². The van der Waals surface area contributed by atoms with E-state index in [1.54, 1.807) is 0 Å². The van der Waals surface area contributed by atoms with Crippen molar-refractivity contribution >= 4 is 15.9 Å². The summed E-state index contributed by atoms with van der Waals surface area (Å²) in [5.41, 5.74) is 0.995. The van der Waals surface area contributed by atoms with Gasteiger partial charge >= 0.3 is 0 Å².